The first-order valence-corrected chi connectivity index (χ1v) is 8.53. The third kappa shape index (κ3) is 4.69. The van der Waals surface area contributed by atoms with Crippen molar-refractivity contribution in [1.82, 2.24) is 15.1 Å². The number of hydrogen-bond donors (Lipinski definition) is 1. The third-order valence-electron chi connectivity index (χ3n) is 4.78. The van der Waals surface area contributed by atoms with Crippen LogP contribution in [-0.4, -0.2) is 74.9 Å². The van der Waals surface area contributed by atoms with Gasteiger partial charge in [-0.1, -0.05) is 13.3 Å². The largest absolute Gasteiger partial charge is 0.383 e. The Hall–Kier alpha value is -0.160. The number of hydrogen-bond acceptors (Lipinski definition) is 4. The fraction of sp³-hybridized carbons (Fsp3) is 1.00. The normalized spacial score (nSPS) is 27.0. The van der Waals surface area contributed by atoms with E-state index >= 15 is 0 Å². The van der Waals surface area contributed by atoms with Crippen LogP contribution < -0.4 is 5.32 Å². The van der Waals surface area contributed by atoms with Crippen LogP contribution in [0, 0.1) is 0 Å². The zero-order valence-corrected chi connectivity index (χ0v) is 13.4. The molecule has 2 aliphatic rings. The second-order valence-electron chi connectivity index (χ2n) is 6.35. The summed E-state index contributed by atoms with van der Waals surface area (Å²) in [5.74, 6) is 0. The van der Waals surface area contributed by atoms with E-state index in [1.165, 1.54) is 58.3 Å². The van der Waals surface area contributed by atoms with Crippen LogP contribution in [0.3, 0.4) is 0 Å². The van der Waals surface area contributed by atoms with Gasteiger partial charge in [0.25, 0.3) is 0 Å². The summed E-state index contributed by atoms with van der Waals surface area (Å²) in [5.41, 5.74) is 0. The molecule has 0 spiro atoms. The smallest absolute Gasteiger partial charge is 0.0630 e. The highest BCUT2D eigenvalue weighted by atomic mass is 16.5. The Morgan fingerprint density at radius 1 is 1.20 bits per heavy atom. The van der Waals surface area contributed by atoms with Crippen molar-refractivity contribution in [1.29, 1.82) is 0 Å². The van der Waals surface area contributed by atoms with Crippen molar-refractivity contribution in [2.45, 2.75) is 51.1 Å². The van der Waals surface area contributed by atoms with E-state index < -0.39 is 0 Å². The molecular weight excluding hydrogens is 250 g/mol. The maximum Gasteiger partial charge on any atom is 0.0630 e. The summed E-state index contributed by atoms with van der Waals surface area (Å²) in [7, 11) is 1.82. The number of nitrogens with zero attached hydrogens (tertiary/aromatic N) is 2. The molecule has 0 aliphatic carbocycles. The number of ether oxygens (including phenoxy) is 1. The Balaban J connectivity index is 1.78. The predicted octanol–water partition coefficient (Wildman–Crippen LogP) is 1.56. The Morgan fingerprint density at radius 2 is 2.00 bits per heavy atom. The monoisotopic (exact) mass is 283 g/mol. The van der Waals surface area contributed by atoms with Gasteiger partial charge in [0.05, 0.1) is 6.61 Å². The molecule has 2 unspecified atom stereocenters. The second kappa shape index (κ2) is 8.98. The SMILES string of the molecule is CCCNCC(COC)N1CCC(N2CCCCC2)C1. The van der Waals surface area contributed by atoms with E-state index in [1.54, 1.807) is 0 Å². The molecule has 2 rings (SSSR count). The van der Waals surface area contributed by atoms with Gasteiger partial charge in [0, 0.05) is 38.8 Å². The standard InChI is InChI=1S/C16H33N3O/c1-3-8-17-12-16(14-20-2)19-11-7-15(13-19)18-9-5-4-6-10-18/h15-17H,3-14H2,1-2H3. The van der Waals surface area contributed by atoms with Crippen molar-refractivity contribution in [2.75, 3.05) is 53.0 Å². The van der Waals surface area contributed by atoms with Crippen molar-refractivity contribution in [3.05, 3.63) is 0 Å². The molecule has 0 aromatic carbocycles. The van der Waals surface area contributed by atoms with E-state index in [0.29, 0.717) is 6.04 Å². The molecule has 0 amide bonds. The lowest BCUT2D eigenvalue weighted by Gasteiger charge is -2.33. The van der Waals surface area contributed by atoms with Crippen LogP contribution in [0.4, 0.5) is 0 Å². The third-order valence-corrected chi connectivity index (χ3v) is 4.78. The number of likely N-dealkylation sites (tertiary alicyclic amines) is 2. The number of methoxy groups -OCH3 is 1. The highest BCUT2D eigenvalue weighted by Crippen LogP contribution is 2.21. The van der Waals surface area contributed by atoms with Crippen LogP contribution in [0.25, 0.3) is 0 Å². The van der Waals surface area contributed by atoms with Gasteiger partial charge in [0.1, 0.15) is 0 Å². The molecular formula is C16H33N3O. The van der Waals surface area contributed by atoms with E-state index in [0.717, 1.165) is 25.7 Å². The summed E-state index contributed by atoms with van der Waals surface area (Å²) in [5, 5.41) is 3.56. The molecule has 4 heteroatoms. The lowest BCUT2D eigenvalue weighted by Crippen LogP contribution is -2.46. The number of piperidine rings is 1. The van der Waals surface area contributed by atoms with Gasteiger partial charge in [-0.05, 0) is 45.3 Å². The fourth-order valence-corrected chi connectivity index (χ4v) is 3.61. The van der Waals surface area contributed by atoms with Crippen LogP contribution >= 0.6 is 0 Å². The van der Waals surface area contributed by atoms with Crippen LogP contribution in [-0.2, 0) is 4.74 Å². The van der Waals surface area contributed by atoms with Gasteiger partial charge < -0.3 is 10.1 Å². The lowest BCUT2D eigenvalue weighted by atomic mass is 10.1. The van der Waals surface area contributed by atoms with E-state index in [-0.39, 0.29) is 0 Å². The van der Waals surface area contributed by atoms with Crippen molar-refractivity contribution in [3.63, 3.8) is 0 Å². The molecule has 0 radical (unpaired) electrons. The maximum absolute atomic E-state index is 5.43. The summed E-state index contributed by atoms with van der Waals surface area (Å²) in [6.45, 7) is 10.4. The minimum absolute atomic E-state index is 0.543. The summed E-state index contributed by atoms with van der Waals surface area (Å²) >= 11 is 0. The first kappa shape index (κ1) is 16.2. The molecule has 118 valence electrons. The molecule has 2 saturated heterocycles. The van der Waals surface area contributed by atoms with Gasteiger partial charge in [-0.2, -0.15) is 0 Å². The van der Waals surface area contributed by atoms with E-state index in [9.17, 15) is 0 Å². The van der Waals surface area contributed by atoms with Crippen LogP contribution in [0.2, 0.25) is 0 Å². The fourth-order valence-electron chi connectivity index (χ4n) is 3.61. The Kier molecular flexibility index (Phi) is 7.28. The zero-order valence-electron chi connectivity index (χ0n) is 13.4. The lowest BCUT2D eigenvalue weighted by molar-refractivity contribution is 0.0938. The summed E-state index contributed by atoms with van der Waals surface area (Å²) < 4.78 is 5.43. The highest BCUT2D eigenvalue weighted by Gasteiger charge is 2.31. The van der Waals surface area contributed by atoms with Crippen molar-refractivity contribution >= 4 is 0 Å². The maximum atomic E-state index is 5.43. The van der Waals surface area contributed by atoms with E-state index in [1.807, 2.05) is 7.11 Å². The minimum atomic E-state index is 0.543. The van der Waals surface area contributed by atoms with Gasteiger partial charge in [0.15, 0.2) is 0 Å². The average molecular weight is 283 g/mol. The topological polar surface area (TPSA) is 27.7 Å². The molecule has 1 N–H and O–H groups in total. The summed E-state index contributed by atoms with van der Waals surface area (Å²) in [4.78, 5) is 5.37. The molecule has 0 aromatic heterocycles. The van der Waals surface area contributed by atoms with Crippen molar-refractivity contribution in [2.24, 2.45) is 0 Å². The average Bonchev–Trinajstić information content (AvgIpc) is 2.97. The van der Waals surface area contributed by atoms with Crippen molar-refractivity contribution < 1.29 is 4.74 Å². The van der Waals surface area contributed by atoms with Gasteiger partial charge in [0.2, 0.25) is 0 Å². The molecule has 0 bridgehead atoms. The minimum Gasteiger partial charge on any atom is -0.383 e. The van der Waals surface area contributed by atoms with Gasteiger partial charge in [-0.25, -0.2) is 0 Å². The molecule has 2 atom stereocenters. The van der Waals surface area contributed by atoms with Gasteiger partial charge in [-0.3, -0.25) is 9.80 Å². The second-order valence-corrected chi connectivity index (χ2v) is 6.35. The van der Waals surface area contributed by atoms with E-state index in [2.05, 4.69) is 22.0 Å². The van der Waals surface area contributed by atoms with E-state index in [4.69, 9.17) is 4.74 Å². The quantitative estimate of drug-likeness (QED) is 0.684. The van der Waals surface area contributed by atoms with Crippen LogP contribution in [0.5, 0.6) is 0 Å². The Labute approximate surface area is 124 Å². The van der Waals surface area contributed by atoms with Crippen molar-refractivity contribution in [3.8, 4) is 0 Å². The number of rotatable bonds is 8. The highest BCUT2D eigenvalue weighted by molar-refractivity contribution is 4.88. The van der Waals surface area contributed by atoms with Crippen LogP contribution in [0.1, 0.15) is 39.0 Å². The molecule has 0 saturated carbocycles. The first-order chi connectivity index (χ1) is 9.85. The molecule has 0 aromatic rings. The molecule has 2 heterocycles. The summed E-state index contributed by atoms with van der Waals surface area (Å²) in [6, 6.07) is 1.34. The predicted molar refractivity (Wildman–Crippen MR) is 84.2 cm³/mol. The summed E-state index contributed by atoms with van der Waals surface area (Å²) in [6.07, 6.45) is 6.77. The Bertz CT molecular complexity index is 256. The molecule has 2 fully saturated rings. The first-order valence-electron chi connectivity index (χ1n) is 8.53. The molecule has 2 aliphatic heterocycles. The molecule has 20 heavy (non-hydrogen) atoms. The Morgan fingerprint density at radius 3 is 2.70 bits per heavy atom. The van der Waals surface area contributed by atoms with Gasteiger partial charge >= 0.3 is 0 Å². The van der Waals surface area contributed by atoms with Crippen LogP contribution in [0.15, 0.2) is 0 Å². The zero-order chi connectivity index (χ0) is 14.2. The van der Waals surface area contributed by atoms with Gasteiger partial charge in [-0.15, -0.1) is 0 Å². The molecule has 4 nitrogen and oxygen atoms in total. The number of nitrogens with one attached hydrogen (secondary N) is 1.